The van der Waals surface area contributed by atoms with E-state index in [0.29, 0.717) is 5.56 Å². The van der Waals surface area contributed by atoms with Crippen molar-refractivity contribution in [1.82, 2.24) is 5.32 Å². The topological polar surface area (TPSA) is 49.3 Å². The van der Waals surface area contributed by atoms with Gasteiger partial charge in [0.1, 0.15) is 5.75 Å². The quantitative estimate of drug-likeness (QED) is 0.735. The second-order valence-corrected chi connectivity index (χ2v) is 5.24. The molecular formula is C16H25NO2. The van der Waals surface area contributed by atoms with Gasteiger partial charge in [0.05, 0.1) is 5.56 Å². The zero-order chi connectivity index (χ0) is 14.3. The highest BCUT2D eigenvalue weighted by Gasteiger charge is 2.13. The average Bonchev–Trinajstić information content (AvgIpc) is 2.37. The van der Waals surface area contributed by atoms with E-state index < -0.39 is 0 Å². The van der Waals surface area contributed by atoms with Gasteiger partial charge in [0.15, 0.2) is 0 Å². The molecule has 0 spiro atoms. The molecule has 3 heteroatoms. The number of nitrogens with one attached hydrogen (secondary N) is 1. The summed E-state index contributed by atoms with van der Waals surface area (Å²) in [5.74, 6) is -0.148. The fourth-order valence-electron chi connectivity index (χ4n) is 2.08. The Morgan fingerprint density at radius 2 is 2.05 bits per heavy atom. The van der Waals surface area contributed by atoms with Gasteiger partial charge < -0.3 is 10.4 Å². The van der Waals surface area contributed by atoms with Crippen LogP contribution in [0.3, 0.4) is 0 Å². The van der Waals surface area contributed by atoms with Crippen LogP contribution >= 0.6 is 0 Å². The Morgan fingerprint density at radius 3 is 2.74 bits per heavy atom. The van der Waals surface area contributed by atoms with Crippen LogP contribution in [-0.2, 0) is 0 Å². The van der Waals surface area contributed by atoms with E-state index in [4.69, 9.17) is 0 Å². The van der Waals surface area contributed by atoms with Gasteiger partial charge in [-0.3, -0.25) is 4.79 Å². The Balaban J connectivity index is 2.47. The molecule has 1 amide bonds. The summed E-state index contributed by atoms with van der Waals surface area (Å²) in [5.41, 5.74) is 1.33. The Morgan fingerprint density at radius 1 is 1.32 bits per heavy atom. The highest BCUT2D eigenvalue weighted by Crippen LogP contribution is 2.18. The second kappa shape index (κ2) is 7.82. The van der Waals surface area contributed by atoms with E-state index in [1.807, 2.05) is 13.8 Å². The van der Waals surface area contributed by atoms with E-state index in [1.165, 1.54) is 19.3 Å². The molecule has 0 heterocycles. The van der Waals surface area contributed by atoms with Crippen molar-refractivity contribution >= 4 is 5.91 Å². The highest BCUT2D eigenvalue weighted by atomic mass is 16.3. The number of aryl methyl sites for hydroxylation is 1. The summed E-state index contributed by atoms with van der Waals surface area (Å²) in [6, 6.07) is 5.22. The molecule has 19 heavy (non-hydrogen) atoms. The first-order chi connectivity index (χ1) is 9.04. The van der Waals surface area contributed by atoms with Crippen molar-refractivity contribution in [2.24, 2.45) is 0 Å². The monoisotopic (exact) mass is 263 g/mol. The van der Waals surface area contributed by atoms with Crippen LogP contribution in [0, 0.1) is 6.92 Å². The summed E-state index contributed by atoms with van der Waals surface area (Å²) in [4.78, 5) is 12.0. The van der Waals surface area contributed by atoms with Gasteiger partial charge in [-0.15, -0.1) is 0 Å². The molecule has 1 rings (SSSR count). The van der Waals surface area contributed by atoms with Crippen LogP contribution in [0.2, 0.25) is 0 Å². The molecule has 0 bridgehead atoms. The molecule has 0 aliphatic rings. The van der Waals surface area contributed by atoms with Crippen LogP contribution in [0.1, 0.15) is 61.9 Å². The molecule has 0 fully saturated rings. The van der Waals surface area contributed by atoms with Gasteiger partial charge in [-0.2, -0.15) is 0 Å². The number of rotatable bonds is 7. The fourth-order valence-corrected chi connectivity index (χ4v) is 2.08. The lowest BCUT2D eigenvalue weighted by atomic mass is 10.1. The van der Waals surface area contributed by atoms with Gasteiger partial charge in [0.25, 0.3) is 5.91 Å². The third-order valence-corrected chi connectivity index (χ3v) is 3.26. The minimum atomic E-state index is -0.191. The predicted molar refractivity (Wildman–Crippen MR) is 78.5 cm³/mol. The van der Waals surface area contributed by atoms with Gasteiger partial charge in [-0.25, -0.2) is 0 Å². The van der Waals surface area contributed by atoms with E-state index in [-0.39, 0.29) is 17.7 Å². The number of phenols is 1. The van der Waals surface area contributed by atoms with Gasteiger partial charge in [0, 0.05) is 6.04 Å². The van der Waals surface area contributed by atoms with Crippen molar-refractivity contribution in [3.63, 3.8) is 0 Å². The molecule has 106 valence electrons. The number of unbranched alkanes of at least 4 members (excludes halogenated alkanes) is 3. The molecule has 0 aliphatic heterocycles. The largest absolute Gasteiger partial charge is 0.507 e. The summed E-state index contributed by atoms with van der Waals surface area (Å²) in [7, 11) is 0. The standard InChI is InChI=1S/C16H25NO2/c1-4-5-6-7-8-13(3)17-16(19)14-11-12(2)9-10-15(14)18/h9-11,13,18H,4-8H2,1-3H3,(H,17,19). The molecule has 0 saturated heterocycles. The maximum absolute atomic E-state index is 12.0. The first kappa shape index (κ1) is 15.5. The summed E-state index contributed by atoms with van der Waals surface area (Å²) < 4.78 is 0. The van der Waals surface area contributed by atoms with Crippen molar-refractivity contribution in [1.29, 1.82) is 0 Å². The minimum Gasteiger partial charge on any atom is -0.507 e. The van der Waals surface area contributed by atoms with E-state index in [1.54, 1.807) is 18.2 Å². The average molecular weight is 263 g/mol. The van der Waals surface area contributed by atoms with Crippen molar-refractivity contribution in [2.45, 2.75) is 58.9 Å². The van der Waals surface area contributed by atoms with E-state index in [2.05, 4.69) is 12.2 Å². The fraction of sp³-hybridized carbons (Fsp3) is 0.562. The Bertz CT molecular complexity index is 415. The summed E-state index contributed by atoms with van der Waals surface area (Å²) >= 11 is 0. The number of benzene rings is 1. The highest BCUT2D eigenvalue weighted by molar-refractivity contribution is 5.97. The summed E-state index contributed by atoms with van der Waals surface area (Å²) in [6.45, 7) is 6.10. The van der Waals surface area contributed by atoms with Gasteiger partial charge in [0.2, 0.25) is 0 Å². The molecule has 1 unspecified atom stereocenters. The van der Waals surface area contributed by atoms with E-state index in [9.17, 15) is 9.90 Å². The Kier molecular flexibility index (Phi) is 6.40. The zero-order valence-corrected chi connectivity index (χ0v) is 12.2. The molecular weight excluding hydrogens is 238 g/mol. The van der Waals surface area contributed by atoms with Crippen molar-refractivity contribution in [3.8, 4) is 5.75 Å². The lowest BCUT2D eigenvalue weighted by molar-refractivity contribution is 0.0935. The van der Waals surface area contributed by atoms with Crippen LogP contribution < -0.4 is 5.32 Å². The lowest BCUT2D eigenvalue weighted by Gasteiger charge is -2.14. The third kappa shape index (κ3) is 5.33. The van der Waals surface area contributed by atoms with Gasteiger partial charge >= 0.3 is 0 Å². The molecule has 1 aromatic rings. The number of amides is 1. The number of hydrogen-bond donors (Lipinski definition) is 2. The molecule has 0 radical (unpaired) electrons. The number of carbonyl (C=O) groups excluding carboxylic acids is 1. The second-order valence-electron chi connectivity index (χ2n) is 5.24. The predicted octanol–water partition coefficient (Wildman–Crippen LogP) is 3.79. The smallest absolute Gasteiger partial charge is 0.255 e. The first-order valence-electron chi connectivity index (χ1n) is 7.15. The van der Waals surface area contributed by atoms with Crippen LogP contribution in [0.15, 0.2) is 18.2 Å². The molecule has 0 saturated carbocycles. The van der Waals surface area contributed by atoms with Gasteiger partial charge in [-0.05, 0) is 32.4 Å². The van der Waals surface area contributed by atoms with Crippen LogP contribution in [0.5, 0.6) is 5.75 Å². The lowest BCUT2D eigenvalue weighted by Crippen LogP contribution is -2.32. The maximum atomic E-state index is 12.0. The SMILES string of the molecule is CCCCCCC(C)NC(=O)c1cc(C)ccc1O. The number of phenolic OH excluding ortho intramolecular Hbond substituents is 1. The first-order valence-corrected chi connectivity index (χ1v) is 7.15. The van der Waals surface area contributed by atoms with Crippen molar-refractivity contribution in [2.75, 3.05) is 0 Å². The summed E-state index contributed by atoms with van der Waals surface area (Å²) in [5, 5.41) is 12.6. The van der Waals surface area contributed by atoms with Crippen molar-refractivity contribution < 1.29 is 9.90 Å². The van der Waals surface area contributed by atoms with E-state index in [0.717, 1.165) is 18.4 Å². The van der Waals surface area contributed by atoms with Crippen molar-refractivity contribution in [3.05, 3.63) is 29.3 Å². The molecule has 2 N–H and O–H groups in total. The number of carbonyl (C=O) groups is 1. The molecule has 3 nitrogen and oxygen atoms in total. The third-order valence-electron chi connectivity index (χ3n) is 3.26. The zero-order valence-electron chi connectivity index (χ0n) is 12.2. The summed E-state index contributed by atoms with van der Waals surface area (Å²) in [6.07, 6.45) is 5.80. The molecule has 1 aromatic carbocycles. The molecule has 1 atom stereocenters. The van der Waals surface area contributed by atoms with Crippen LogP contribution in [0.4, 0.5) is 0 Å². The Hall–Kier alpha value is -1.51. The van der Waals surface area contributed by atoms with Crippen LogP contribution in [-0.4, -0.2) is 17.1 Å². The van der Waals surface area contributed by atoms with Crippen LogP contribution in [0.25, 0.3) is 0 Å². The molecule has 0 aliphatic carbocycles. The Labute approximate surface area is 116 Å². The number of hydrogen-bond acceptors (Lipinski definition) is 2. The number of aromatic hydroxyl groups is 1. The normalized spacial score (nSPS) is 12.2. The minimum absolute atomic E-state index is 0.0429. The maximum Gasteiger partial charge on any atom is 0.255 e. The van der Waals surface area contributed by atoms with Gasteiger partial charge in [-0.1, -0.05) is 44.2 Å². The van der Waals surface area contributed by atoms with E-state index >= 15 is 0 Å². The molecule has 0 aromatic heterocycles.